The average molecular weight is 422 g/mol. The molecule has 1 saturated heterocycles. The standard InChI is InChI=1S/C22H18N2O5S/c1-13-16-4-2-3-5-18(16)30-21(13)17(25)12-29-22(28)14-6-8-15(9-7-14)24-20(27)11-10-19(26)23-24/h2-9H,10-12H2,1H3,(H,23,26). The molecule has 2 aromatic carbocycles. The van der Waals surface area contributed by atoms with Gasteiger partial charge in [-0.2, -0.15) is 0 Å². The van der Waals surface area contributed by atoms with E-state index >= 15 is 0 Å². The summed E-state index contributed by atoms with van der Waals surface area (Å²) in [6.07, 6.45) is 0.294. The number of aryl methyl sites for hydroxylation is 1. The Morgan fingerprint density at radius 3 is 2.53 bits per heavy atom. The molecule has 152 valence electrons. The van der Waals surface area contributed by atoms with E-state index in [1.807, 2.05) is 31.2 Å². The lowest BCUT2D eigenvalue weighted by atomic mass is 10.1. The lowest BCUT2D eigenvalue weighted by Crippen LogP contribution is -2.50. The van der Waals surface area contributed by atoms with Crippen molar-refractivity contribution in [3.05, 3.63) is 64.5 Å². The van der Waals surface area contributed by atoms with Gasteiger partial charge in [-0.05, 0) is 48.2 Å². The average Bonchev–Trinajstić information content (AvgIpc) is 3.10. The number of esters is 1. The van der Waals surface area contributed by atoms with Gasteiger partial charge in [0.15, 0.2) is 6.61 Å². The summed E-state index contributed by atoms with van der Waals surface area (Å²) in [6, 6.07) is 13.8. The van der Waals surface area contributed by atoms with Gasteiger partial charge in [0.05, 0.1) is 16.1 Å². The molecule has 0 saturated carbocycles. The third kappa shape index (κ3) is 3.81. The molecule has 0 atom stereocenters. The van der Waals surface area contributed by atoms with Crippen LogP contribution in [0, 0.1) is 6.92 Å². The molecule has 30 heavy (non-hydrogen) atoms. The molecule has 1 N–H and O–H groups in total. The number of hydrogen-bond acceptors (Lipinski definition) is 6. The van der Waals surface area contributed by atoms with Gasteiger partial charge in [0.25, 0.3) is 0 Å². The van der Waals surface area contributed by atoms with E-state index in [4.69, 9.17) is 4.74 Å². The first-order valence-electron chi connectivity index (χ1n) is 9.35. The number of amides is 2. The number of Topliss-reactive ketones (excluding diaryl/α,β-unsaturated/α-hetero) is 1. The molecule has 4 rings (SSSR count). The number of carbonyl (C=O) groups excluding carboxylic acids is 4. The SMILES string of the molecule is Cc1c(C(=O)COC(=O)c2ccc(N3NC(=O)CCC3=O)cc2)sc2ccccc12. The normalized spacial score (nSPS) is 14.0. The lowest BCUT2D eigenvalue weighted by molar-refractivity contribution is -0.130. The second-order valence-electron chi connectivity index (χ2n) is 6.86. The fourth-order valence-corrected chi connectivity index (χ4v) is 4.38. The fraction of sp³-hybridized carbons (Fsp3) is 0.182. The van der Waals surface area contributed by atoms with Crippen LogP contribution >= 0.6 is 11.3 Å². The Labute approximate surface area is 176 Å². The van der Waals surface area contributed by atoms with Gasteiger partial charge in [0.1, 0.15) is 0 Å². The molecule has 0 aliphatic carbocycles. The molecule has 2 heterocycles. The monoisotopic (exact) mass is 422 g/mol. The molecule has 1 aliphatic rings. The summed E-state index contributed by atoms with van der Waals surface area (Å²) in [4.78, 5) is 48.9. The summed E-state index contributed by atoms with van der Waals surface area (Å²) in [5.41, 5.74) is 4.07. The second kappa shape index (κ2) is 8.08. The maximum absolute atomic E-state index is 12.5. The minimum absolute atomic E-state index is 0.134. The molecule has 7 nitrogen and oxygen atoms in total. The Morgan fingerprint density at radius 2 is 1.80 bits per heavy atom. The van der Waals surface area contributed by atoms with Crippen LogP contribution in [-0.4, -0.2) is 30.2 Å². The van der Waals surface area contributed by atoms with Gasteiger partial charge in [-0.3, -0.25) is 19.8 Å². The minimum Gasteiger partial charge on any atom is -0.454 e. The molecule has 1 aliphatic heterocycles. The van der Waals surface area contributed by atoms with Crippen LogP contribution in [0.4, 0.5) is 5.69 Å². The third-order valence-corrected chi connectivity index (χ3v) is 6.16. The zero-order valence-corrected chi connectivity index (χ0v) is 17.0. The minimum atomic E-state index is -0.636. The highest BCUT2D eigenvalue weighted by molar-refractivity contribution is 7.21. The number of carbonyl (C=O) groups is 4. The Balaban J connectivity index is 1.41. The molecular weight excluding hydrogens is 404 g/mol. The van der Waals surface area contributed by atoms with Gasteiger partial charge < -0.3 is 4.74 Å². The molecule has 2 amide bonds. The predicted octanol–water partition coefficient (Wildman–Crippen LogP) is 3.41. The van der Waals surface area contributed by atoms with E-state index < -0.39 is 5.97 Å². The summed E-state index contributed by atoms with van der Waals surface area (Å²) in [5, 5.41) is 2.18. The first kappa shape index (κ1) is 19.8. The van der Waals surface area contributed by atoms with Crippen LogP contribution in [0.25, 0.3) is 10.1 Å². The molecule has 1 fully saturated rings. The smallest absolute Gasteiger partial charge is 0.338 e. The number of thiophene rings is 1. The largest absolute Gasteiger partial charge is 0.454 e. The fourth-order valence-electron chi connectivity index (χ4n) is 3.25. The van der Waals surface area contributed by atoms with Crippen molar-refractivity contribution in [3.8, 4) is 0 Å². The van der Waals surface area contributed by atoms with E-state index in [0.717, 1.165) is 20.7 Å². The first-order chi connectivity index (χ1) is 14.4. The van der Waals surface area contributed by atoms with Crippen LogP contribution in [-0.2, 0) is 14.3 Å². The van der Waals surface area contributed by atoms with Gasteiger partial charge in [-0.25, -0.2) is 9.80 Å². The molecule has 0 unspecified atom stereocenters. The van der Waals surface area contributed by atoms with Crippen LogP contribution in [0.2, 0.25) is 0 Å². The van der Waals surface area contributed by atoms with E-state index in [2.05, 4.69) is 5.43 Å². The van der Waals surface area contributed by atoms with Crippen molar-refractivity contribution in [1.29, 1.82) is 0 Å². The molecule has 8 heteroatoms. The summed E-state index contributed by atoms with van der Waals surface area (Å²) in [7, 11) is 0. The van der Waals surface area contributed by atoms with Crippen molar-refractivity contribution >= 4 is 50.7 Å². The number of hydrogen-bond donors (Lipinski definition) is 1. The first-order valence-corrected chi connectivity index (χ1v) is 10.2. The zero-order chi connectivity index (χ0) is 21.3. The quantitative estimate of drug-likeness (QED) is 0.502. The summed E-state index contributed by atoms with van der Waals surface area (Å²) in [5.74, 6) is -1.36. The van der Waals surface area contributed by atoms with Gasteiger partial charge in [-0.15, -0.1) is 11.3 Å². The van der Waals surface area contributed by atoms with E-state index in [1.165, 1.54) is 35.6 Å². The number of nitrogens with one attached hydrogen (secondary N) is 1. The molecular formula is C22H18N2O5S. The van der Waals surface area contributed by atoms with Gasteiger partial charge >= 0.3 is 5.97 Å². The highest BCUT2D eigenvalue weighted by Crippen LogP contribution is 2.30. The molecule has 0 spiro atoms. The topological polar surface area (TPSA) is 92.8 Å². The van der Waals surface area contributed by atoms with E-state index in [0.29, 0.717) is 10.6 Å². The number of anilines is 1. The molecule has 0 radical (unpaired) electrons. The number of ether oxygens (including phenoxy) is 1. The van der Waals surface area contributed by atoms with Crippen LogP contribution in [0.5, 0.6) is 0 Å². The van der Waals surface area contributed by atoms with Crippen LogP contribution in [0.1, 0.15) is 38.4 Å². The zero-order valence-electron chi connectivity index (χ0n) is 16.1. The summed E-state index contributed by atoms with van der Waals surface area (Å²) < 4.78 is 6.20. The number of benzene rings is 2. The maximum atomic E-state index is 12.5. The highest BCUT2D eigenvalue weighted by Gasteiger charge is 2.24. The number of rotatable bonds is 5. The third-order valence-electron chi connectivity index (χ3n) is 4.84. The van der Waals surface area contributed by atoms with Crippen molar-refractivity contribution < 1.29 is 23.9 Å². The maximum Gasteiger partial charge on any atom is 0.338 e. The second-order valence-corrected chi connectivity index (χ2v) is 7.91. The van der Waals surface area contributed by atoms with Crippen molar-refractivity contribution in [2.24, 2.45) is 0 Å². The number of hydrazine groups is 1. The van der Waals surface area contributed by atoms with E-state index in [9.17, 15) is 19.2 Å². The van der Waals surface area contributed by atoms with Gasteiger partial charge in [-0.1, -0.05) is 18.2 Å². The van der Waals surface area contributed by atoms with E-state index in [-0.39, 0.29) is 42.6 Å². The Hall–Kier alpha value is -3.52. The molecule has 0 bridgehead atoms. The van der Waals surface area contributed by atoms with Gasteiger partial charge in [0, 0.05) is 17.5 Å². The Kier molecular flexibility index (Phi) is 5.33. The molecule has 3 aromatic rings. The predicted molar refractivity (Wildman–Crippen MR) is 112 cm³/mol. The number of nitrogens with zero attached hydrogens (tertiary/aromatic N) is 1. The molecule has 1 aromatic heterocycles. The summed E-state index contributed by atoms with van der Waals surface area (Å²) >= 11 is 1.38. The van der Waals surface area contributed by atoms with Crippen LogP contribution in [0.3, 0.4) is 0 Å². The Morgan fingerprint density at radius 1 is 1.07 bits per heavy atom. The van der Waals surface area contributed by atoms with Crippen LogP contribution < -0.4 is 10.4 Å². The van der Waals surface area contributed by atoms with Crippen molar-refractivity contribution in [2.45, 2.75) is 19.8 Å². The number of fused-ring (bicyclic) bond motifs is 1. The van der Waals surface area contributed by atoms with E-state index in [1.54, 1.807) is 0 Å². The number of ketones is 1. The lowest BCUT2D eigenvalue weighted by Gasteiger charge is -2.27. The van der Waals surface area contributed by atoms with Crippen molar-refractivity contribution in [3.63, 3.8) is 0 Å². The van der Waals surface area contributed by atoms with Crippen molar-refractivity contribution in [2.75, 3.05) is 11.6 Å². The highest BCUT2D eigenvalue weighted by atomic mass is 32.1. The Bertz CT molecular complexity index is 1170. The van der Waals surface area contributed by atoms with Crippen LogP contribution in [0.15, 0.2) is 48.5 Å². The van der Waals surface area contributed by atoms with Crippen molar-refractivity contribution in [1.82, 2.24) is 5.43 Å². The van der Waals surface area contributed by atoms with Gasteiger partial charge in [0.2, 0.25) is 17.6 Å². The summed E-state index contributed by atoms with van der Waals surface area (Å²) in [6.45, 7) is 1.53.